The number of nitrogens with zero attached hydrogens (tertiary/aromatic N) is 2. The van der Waals surface area contributed by atoms with Gasteiger partial charge in [0.05, 0.1) is 17.9 Å². The first-order valence-electron chi connectivity index (χ1n) is 8.02. The summed E-state index contributed by atoms with van der Waals surface area (Å²) in [6.45, 7) is 1.29. The van der Waals surface area contributed by atoms with E-state index in [1.54, 1.807) is 0 Å². The molecule has 1 heterocycles. The Bertz CT molecular complexity index is 695. The highest BCUT2D eigenvalue weighted by molar-refractivity contribution is 5.79. The molecule has 0 aliphatic carbocycles. The number of nitriles is 1. The molecule has 0 N–H and O–H groups in total. The van der Waals surface area contributed by atoms with E-state index in [9.17, 15) is 10.1 Å². The molecule has 0 unspecified atom stereocenters. The fourth-order valence-corrected chi connectivity index (χ4v) is 3.24. The number of hydrogen-bond donors (Lipinski definition) is 0. The summed E-state index contributed by atoms with van der Waals surface area (Å²) in [4.78, 5) is 14.3. The summed E-state index contributed by atoms with van der Waals surface area (Å²) in [5.74, 6) is 0.149. The lowest BCUT2D eigenvalue weighted by molar-refractivity contribution is -0.131. The van der Waals surface area contributed by atoms with E-state index in [1.807, 2.05) is 65.6 Å². The third-order valence-corrected chi connectivity index (χ3v) is 4.71. The zero-order valence-electron chi connectivity index (χ0n) is 13.1. The average molecular weight is 304 g/mol. The smallest absolute Gasteiger partial charge is 0.226 e. The lowest BCUT2D eigenvalue weighted by Gasteiger charge is -2.37. The molecule has 116 valence electrons. The van der Waals surface area contributed by atoms with Gasteiger partial charge >= 0.3 is 0 Å². The molecular weight excluding hydrogens is 284 g/mol. The van der Waals surface area contributed by atoms with Gasteiger partial charge in [-0.1, -0.05) is 60.7 Å². The highest BCUT2D eigenvalue weighted by atomic mass is 16.2. The van der Waals surface area contributed by atoms with E-state index in [0.29, 0.717) is 32.4 Å². The molecule has 0 saturated carbocycles. The minimum absolute atomic E-state index is 0.149. The van der Waals surface area contributed by atoms with Crippen LogP contribution in [-0.2, 0) is 16.6 Å². The third-order valence-electron chi connectivity index (χ3n) is 4.71. The predicted octanol–water partition coefficient (Wildman–Crippen LogP) is 3.31. The average Bonchev–Trinajstić information content (AvgIpc) is 2.63. The van der Waals surface area contributed by atoms with Crippen molar-refractivity contribution in [1.82, 2.24) is 4.90 Å². The first-order chi connectivity index (χ1) is 11.2. The van der Waals surface area contributed by atoms with Crippen molar-refractivity contribution < 1.29 is 4.79 Å². The highest BCUT2D eigenvalue weighted by Crippen LogP contribution is 2.34. The van der Waals surface area contributed by atoms with Gasteiger partial charge in [0.25, 0.3) is 0 Å². The molecule has 3 rings (SSSR count). The molecule has 0 bridgehead atoms. The van der Waals surface area contributed by atoms with Gasteiger partial charge in [0.1, 0.15) is 0 Å². The second kappa shape index (κ2) is 6.66. The molecule has 3 heteroatoms. The van der Waals surface area contributed by atoms with Gasteiger partial charge in [-0.25, -0.2) is 0 Å². The van der Waals surface area contributed by atoms with Gasteiger partial charge in [-0.2, -0.15) is 5.26 Å². The van der Waals surface area contributed by atoms with Gasteiger partial charge in [-0.3, -0.25) is 4.79 Å². The highest BCUT2D eigenvalue weighted by Gasteiger charge is 2.37. The fourth-order valence-electron chi connectivity index (χ4n) is 3.24. The van der Waals surface area contributed by atoms with Crippen molar-refractivity contribution in [2.24, 2.45) is 0 Å². The number of hydrogen-bond acceptors (Lipinski definition) is 2. The first kappa shape index (κ1) is 15.3. The van der Waals surface area contributed by atoms with Crippen molar-refractivity contribution in [2.45, 2.75) is 24.7 Å². The number of carbonyl (C=O) groups is 1. The first-order valence-corrected chi connectivity index (χ1v) is 8.02. The zero-order valence-corrected chi connectivity index (χ0v) is 13.1. The van der Waals surface area contributed by atoms with Crippen LogP contribution < -0.4 is 0 Å². The van der Waals surface area contributed by atoms with Crippen LogP contribution in [0.5, 0.6) is 0 Å². The molecule has 0 spiro atoms. The van der Waals surface area contributed by atoms with Crippen LogP contribution in [-0.4, -0.2) is 23.9 Å². The maximum atomic E-state index is 12.4. The molecule has 1 saturated heterocycles. The van der Waals surface area contributed by atoms with Gasteiger partial charge < -0.3 is 4.90 Å². The normalized spacial score (nSPS) is 16.6. The Morgan fingerprint density at radius 1 is 1.00 bits per heavy atom. The largest absolute Gasteiger partial charge is 0.342 e. The quantitative estimate of drug-likeness (QED) is 0.873. The SMILES string of the molecule is N#CC1(c2ccccc2)CCN(C(=O)Cc2ccccc2)CC1. The predicted molar refractivity (Wildman–Crippen MR) is 89.7 cm³/mol. The summed E-state index contributed by atoms with van der Waals surface area (Å²) >= 11 is 0. The number of piperidine rings is 1. The monoisotopic (exact) mass is 304 g/mol. The standard InChI is InChI=1S/C20H20N2O/c21-16-20(18-9-5-2-6-10-18)11-13-22(14-12-20)19(23)15-17-7-3-1-4-8-17/h1-10H,11-15H2. The van der Waals surface area contributed by atoms with Gasteiger partial charge in [0.15, 0.2) is 0 Å². The summed E-state index contributed by atoms with van der Waals surface area (Å²) in [6, 6.07) is 22.3. The summed E-state index contributed by atoms with van der Waals surface area (Å²) in [5, 5.41) is 9.70. The van der Waals surface area contributed by atoms with Crippen molar-refractivity contribution in [3.63, 3.8) is 0 Å². The topological polar surface area (TPSA) is 44.1 Å². The Morgan fingerprint density at radius 2 is 1.57 bits per heavy atom. The Balaban J connectivity index is 1.66. The molecule has 1 amide bonds. The second-order valence-corrected chi connectivity index (χ2v) is 6.10. The number of benzene rings is 2. The van der Waals surface area contributed by atoms with E-state index < -0.39 is 5.41 Å². The van der Waals surface area contributed by atoms with Crippen LogP contribution in [0, 0.1) is 11.3 Å². The van der Waals surface area contributed by atoms with Crippen molar-refractivity contribution in [2.75, 3.05) is 13.1 Å². The van der Waals surface area contributed by atoms with E-state index in [2.05, 4.69) is 6.07 Å². The van der Waals surface area contributed by atoms with Crippen LogP contribution in [0.25, 0.3) is 0 Å². The maximum absolute atomic E-state index is 12.4. The number of likely N-dealkylation sites (tertiary alicyclic amines) is 1. The molecule has 0 aromatic heterocycles. The summed E-state index contributed by atoms with van der Waals surface area (Å²) < 4.78 is 0. The van der Waals surface area contributed by atoms with Crippen LogP contribution in [0.3, 0.4) is 0 Å². The molecule has 23 heavy (non-hydrogen) atoms. The van der Waals surface area contributed by atoms with Crippen molar-refractivity contribution in [3.05, 3.63) is 71.8 Å². The number of amides is 1. The Hall–Kier alpha value is -2.60. The molecule has 2 aromatic rings. The molecular formula is C20H20N2O. The third kappa shape index (κ3) is 3.27. The summed E-state index contributed by atoms with van der Waals surface area (Å²) in [5.41, 5.74) is 1.65. The fraction of sp³-hybridized carbons (Fsp3) is 0.300. The minimum Gasteiger partial charge on any atom is -0.342 e. The van der Waals surface area contributed by atoms with Crippen LogP contribution in [0.4, 0.5) is 0 Å². The molecule has 1 aliphatic rings. The Kier molecular flexibility index (Phi) is 4.43. The molecule has 1 aliphatic heterocycles. The number of carbonyl (C=O) groups excluding carboxylic acids is 1. The van der Waals surface area contributed by atoms with Crippen LogP contribution >= 0.6 is 0 Å². The second-order valence-electron chi connectivity index (χ2n) is 6.10. The van der Waals surface area contributed by atoms with E-state index in [0.717, 1.165) is 11.1 Å². The lowest BCUT2D eigenvalue weighted by atomic mass is 9.74. The van der Waals surface area contributed by atoms with Crippen LogP contribution in [0.2, 0.25) is 0 Å². The lowest BCUT2D eigenvalue weighted by Crippen LogP contribution is -2.45. The van der Waals surface area contributed by atoms with Crippen molar-refractivity contribution in [3.8, 4) is 6.07 Å². The summed E-state index contributed by atoms with van der Waals surface area (Å²) in [7, 11) is 0. The molecule has 1 fully saturated rings. The van der Waals surface area contributed by atoms with Crippen LogP contribution in [0.1, 0.15) is 24.0 Å². The van der Waals surface area contributed by atoms with Gasteiger partial charge in [0, 0.05) is 13.1 Å². The van der Waals surface area contributed by atoms with Gasteiger partial charge in [0.2, 0.25) is 5.91 Å². The van der Waals surface area contributed by atoms with E-state index in [-0.39, 0.29) is 5.91 Å². The van der Waals surface area contributed by atoms with Gasteiger partial charge in [-0.05, 0) is 24.0 Å². The Labute approximate surface area is 137 Å². The van der Waals surface area contributed by atoms with Crippen molar-refractivity contribution >= 4 is 5.91 Å². The van der Waals surface area contributed by atoms with E-state index >= 15 is 0 Å². The van der Waals surface area contributed by atoms with E-state index in [4.69, 9.17) is 0 Å². The molecule has 0 radical (unpaired) electrons. The Morgan fingerprint density at radius 3 is 2.13 bits per heavy atom. The molecule has 0 atom stereocenters. The van der Waals surface area contributed by atoms with E-state index in [1.165, 1.54) is 0 Å². The number of rotatable bonds is 3. The minimum atomic E-state index is -0.454. The van der Waals surface area contributed by atoms with Gasteiger partial charge in [-0.15, -0.1) is 0 Å². The maximum Gasteiger partial charge on any atom is 0.226 e. The van der Waals surface area contributed by atoms with Crippen molar-refractivity contribution in [1.29, 1.82) is 5.26 Å². The molecule has 3 nitrogen and oxygen atoms in total. The van der Waals surface area contributed by atoms with Crippen LogP contribution in [0.15, 0.2) is 60.7 Å². The zero-order chi connectivity index (χ0) is 16.1. The summed E-state index contributed by atoms with van der Waals surface area (Å²) in [6.07, 6.45) is 1.84. The molecule has 2 aromatic carbocycles.